The molecular formula is C25H30N2O6. The molecule has 2 aromatic rings. The van der Waals surface area contributed by atoms with Crippen LogP contribution in [0.3, 0.4) is 0 Å². The Morgan fingerprint density at radius 2 is 1.79 bits per heavy atom. The lowest BCUT2D eigenvalue weighted by molar-refractivity contribution is -0.148. The number of rotatable bonds is 6. The molecule has 0 spiro atoms. The molecule has 0 bridgehead atoms. The number of benzene rings is 1. The highest BCUT2D eigenvalue weighted by atomic mass is 16.5. The molecule has 0 amide bonds. The molecule has 8 nitrogen and oxygen atoms in total. The monoisotopic (exact) mass is 454 g/mol. The smallest absolute Gasteiger partial charge is 0.340 e. The van der Waals surface area contributed by atoms with Gasteiger partial charge in [-0.1, -0.05) is 31.4 Å². The van der Waals surface area contributed by atoms with E-state index in [0.717, 1.165) is 32.1 Å². The average Bonchev–Trinajstić information content (AvgIpc) is 2.82. The quantitative estimate of drug-likeness (QED) is 0.669. The molecule has 176 valence electrons. The van der Waals surface area contributed by atoms with Crippen molar-refractivity contribution in [2.75, 3.05) is 13.2 Å². The van der Waals surface area contributed by atoms with Gasteiger partial charge in [0.2, 0.25) is 5.88 Å². The minimum Gasteiger partial charge on any atom is -0.465 e. The summed E-state index contributed by atoms with van der Waals surface area (Å²) in [7, 11) is 1.64. The van der Waals surface area contributed by atoms with Crippen LogP contribution in [0.5, 0.6) is 5.75 Å². The molecular weight excluding hydrogens is 424 g/mol. The van der Waals surface area contributed by atoms with E-state index in [1.54, 1.807) is 20.9 Å². The van der Waals surface area contributed by atoms with Crippen LogP contribution in [0.4, 0.5) is 0 Å². The summed E-state index contributed by atoms with van der Waals surface area (Å²) in [6.45, 7) is 3.61. The van der Waals surface area contributed by atoms with Crippen LogP contribution in [-0.4, -0.2) is 35.8 Å². The van der Waals surface area contributed by atoms with Crippen LogP contribution < -0.4 is 15.6 Å². The van der Waals surface area contributed by atoms with E-state index < -0.39 is 23.4 Å². The maximum absolute atomic E-state index is 13.4. The summed E-state index contributed by atoms with van der Waals surface area (Å²) in [5, 5.41) is 4.03. The average molecular weight is 455 g/mol. The molecule has 1 aromatic heterocycles. The van der Waals surface area contributed by atoms with Gasteiger partial charge in [0.1, 0.15) is 17.2 Å². The Hall–Kier alpha value is -3.29. The highest BCUT2D eigenvalue weighted by Gasteiger charge is 2.44. The Bertz CT molecular complexity index is 1160. The highest BCUT2D eigenvalue weighted by Crippen LogP contribution is 2.42. The van der Waals surface area contributed by atoms with E-state index in [2.05, 4.69) is 5.32 Å². The first-order valence-electron chi connectivity index (χ1n) is 11.6. The topological polar surface area (TPSA) is 95.9 Å². The number of ether oxygens (including phenoxy) is 3. The molecule has 1 unspecified atom stereocenters. The van der Waals surface area contributed by atoms with Crippen LogP contribution in [0.2, 0.25) is 0 Å². The summed E-state index contributed by atoms with van der Waals surface area (Å²) in [5.41, 5.74) is 0.327. The molecule has 0 radical (unpaired) electrons. The number of nitrogens with one attached hydrogen (secondary N) is 1. The Morgan fingerprint density at radius 3 is 2.48 bits per heavy atom. The minimum absolute atomic E-state index is 0.0132. The van der Waals surface area contributed by atoms with Crippen molar-refractivity contribution in [3.05, 3.63) is 51.6 Å². The second kappa shape index (κ2) is 9.68. The zero-order chi connectivity index (χ0) is 23.5. The summed E-state index contributed by atoms with van der Waals surface area (Å²) in [6, 6.07) is 7.43. The molecule has 1 N–H and O–H groups in total. The largest absolute Gasteiger partial charge is 0.465 e. The van der Waals surface area contributed by atoms with Crippen molar-refractivity contribution in [3.8, 4) is 5.75 Å². The number of carbonyl (C=O) groups excluding carboxylic acids is 2. The van der Waals surface area contributed by atoms with E-state index in [-0.39, 0.29) is 42.0 Å². The number of aromatic nitrogens is 1. The molecule has 4 rings (SSSR count). The Balaban J connectivity index is 1.96. The molecule has 1 aliphatic carbocycles. The normalized spacial score (nSPS) is 18.5. The van der Waals surface area contributed by atoms with Crippen LogP contribution >= 0.6 is 0 Å². The zero-order valence-electron chi connectivity index (χ0n) is 19.3. The van der Waals surface area contributed by atoms with E-state index in [1.165, 1.54) is 4.57 Å². The number of carbonyl (C=O) groups is 2. The first-order chi connectivity index (χ1) is 16.0. The number of nitrogens with zero attached hydrogens (tertiary/aromatic N) is 1. The lowest BCUT2D eigenvalue weighted by atomic mass is 9.87. The Morgan fingerprint density at radius 1 is 1.09 bits per heavy atom. The van der Waals surface area contributed by atoms with Crippen molar-refractivity contribution < 1.29 is 23.8 Å². The van der Waals surface area contributed by atoms with Gasteiger partial charge in [-0.3, -0.25) is 9.59 Å². The van der Waals surface area contributed by atoms with Crippen molar-refractivity contribution in [1.29, 1.82) is 0 Å². The highest BCUT2D eigenvalue weighted by molar-refractivity contribution is 6.02. The third kappa shape index (κ3) is 4.21. The third-order valence-electron chi connectivity index (χ3n) is 6.27. The minimum atomic E-state index is -1.25. The fraction of sp³-hybridized carbons (Fsp3) is 0.480. The van der Waals surface area contributed by atoms with Gasteiger partial charge in [-0.15, -0.1) is 0 Å². The Kier molecular flexibility index (Phi) is 6.72. The fourth-order valence-electron chi connectivity index (χ4n) is 4.71. The Labute approximate surface area is 192 Å². The molecule has 0 saturated heterocycles. The van der Waals surface area contributed by atoms with Gasteiger partial charge >= 0.3 is 11.9 Å². The van der Waals surface area contributed by atoms with Crippen molar-refractivity contribution in [2.24, 2.45) is 7.05 Å². The van der Waals surface area contributed by atoms with E-state index in [0.29, 0.717) is 10.9 Å². The van der Waals surface area contributed by atoms with Crippen molar-refractivity contribution in [3.63, 3.8) is 0 Å². The van der Waals surface area contributed by atoms with Gasteiger partial charge in [-0.25, -0.2) is 4.79 Å². The molecule has 1 saturated carbocycles. The number of hydrogen-bond acceptors (Lipinski definition) is 7. The standard InChI is InChI=1S/C25H30N2O6/c1-4-31-24(29)18-19-21(16-13-9-10-14-17(16)27(3)23(19)28)33-22(20(18)25(30)32-5-2)26-15-11-7-6-8-12-15/h9-10,13-15,18,26H,4-8,11-12H2,1-3H3. The first-order valence-corrected chi connectivity index (χ1v) is 11.6. The molecule has 1 aromatic carbocycles. The van der Waals surface area contributed by atoms with E-state index in [1.807, 2.05) is 24.3 Å². The van der Waals surface area contributed by atoms with Crippen LogP contribution in [0, 0.1) is 0 Å². The second-order valence-corrected chi connectivity index (χ2v) is 8.35. The maximum Gasteiger partial charge on any atom is 0.340 e. The lowest BCUT2D eigenvalue weighted by Gasteiger charge is -2.32. The van der Waals surface area contributed by atoms with Crippen LogP contribution in [0.25, 0.3) is 10.9 Å². The van der Waals surface area contributed by atoms with Crippen molar-refractivity contribution >= 4 is 22.8 Å². The summed E-state index contributed by atoms with van der Waals surface area (Å²) in [4.78, 5) is 39.8. The molecule has 33 heavy (non-hydrogen) atoms. The van der Waals surface area contributed by atoms with Gasteiger partial charge < -0.3 is 24.1 Å². The van der Waals surface area contributed by atoms with Crippen LogP contribution in [0.15, 0.2) is 40.5 Å². The van der Waals surface area contributed by atoms with Gasteiger partial charge in [-0.2, -0.15) is 0 Å². The van der Waals surface area contributed by atoms with Crippen molar-refractivity contribution in [1.82, 2.24) is 9.88 Å². The van der Waals surface area contributed by atoms with Crippen molar-refractivity contribution in [2.45, 2.75) is 57.9 Å². The van der Waals surface area contributed by atoms with Gasteiger partial charge in [0.05, 0.1) is 24.3 Å². The maximum atomic E-state index is 13.4. The molecule has 8 heteroatoms. The predicted molar refractivity (Wildman–Crippen MR) is 123 cm³/mol. The number of para-hydroxylation sites is 1. The molecule has 1 fully saturated rings. The number of aryl methyl sites for hydroxylation is 1. The van der Waals surface area contributed by atoms with Gasteiger partial charge in [0.15, 0.2) is 0 Å². The summed E-state index contributed by atoms with van der Waals surface area (Å²) in [6.07, 6.45) is 5.16. The van der Waals surface area contributed by atoms with E-state index in [9.17, 15) is 14.4 Å². The zero-order valence-corrected chi connectivity index (χ0v) is 19.3. The van der Waals surface area contributed by atoms with Gasteiger partial charge in [0, 0.05) is 18.5 Å². The van der Waals surface area contributed by atoms with Gasteiger partial charge in [-0.05, 0) is 38.8 Å². The summed E-state index contributed by atoms with van der Waals surface area (Å²) >= 11 is 0. The molecule has 2 aliphatic rings. The molecule has 1 atom stereocenters. The molecule has 2 heterocycles. The number of hydrogen-bond donors (Lipinski definition) is 1. The van der Waals surface area contributed by atoms with Crippen LogP contribution in [0.1, 0.15) is 57.4 Å². The van der Waals surface area contributed by atoms with Gasteiger partial charge in [0.25, 0.3) is 5.56 Å². The lowest BCUT2D eigenvalue weighted by Crippen LogP contribution is -2.41. The second-order valence-electron chi connectivity index (χ2n) is 8.35. The van der Waals surface area contributed by atoms with E-state index in [4.69, 9.17) is 14.2 Å². The van der Waals surface area contributed by atoms with E-state index >= 15 is 0 Å². The number of esters is 2. The summed E-state index contributed by atoms with van der Waals surface area (Å²) < 4.78 is 18.4. The first kappa shape index (κ1) is 22.9. The summed E-state index contributed by atoms with van der Waals surface area (Å²) in [5.74, 6) is -2.18. The third-order valence-corrected chi connectivity index (χ3v) is 6.27. The molecule has 1 aliphatic heterocycles. The fourth-order valence-corrected chi connectivity index (χ4v) is 4.71. The van der Waals surface area contributed by atoms with Crippen LogP contribution in [-0.2, 0) is 26.1 Å². The number of fused-ring (bicyclic) bond motifs is 3. The number of pyridine rings is 1. The predicted octanol–water partition coefficient (Wildman–Crippen LogP) is 3.27. The SMILES string of the molecule is CCOC(=O)C1=C(NC2CCCCC2)Oc2c(c(=O)n(C)c3ccccc23)C1C(=O)OCC.